The van der Waals surface area contributed by atoms with Gasteiger partial charge in [-0.3, -0.25) is 4.79 Å². The van der Waals surface area contributed by atoms with Crippen LogP contribution in [0.2, 0.25) is 0 Å². The third kappa shape index (κ3) is 3.76. The van der Waals surface area contributed by atoms with Crippen molar-refractivity contribution in [2.24, 2.45) is 0 Å². The van der Waals surface area contributed by atoms with Gasteiger partial charge in [0.2, 0.25) is 0 Å². The summed E-state index contributed by atoms with van der Waals surface area (Å²) in [5.74, 6) is 0. The molecule has 9 heavy (non-hydrogen) atoms. The van der Waals surface area contributed by atoms with Gasteiger partial charge in [0, 0.05) is 0 Å². The van der Waals surface area contributed by atoms with Crippen LogP contribution in [0.1, 0.15) is 20.3 Å². The maximum atomic E-state index is 9.79. The molecule has 1 unspecified atom stereocenters. The van der Waals surface area contributed by atoms with Gasteiger partial charge in [-0.1, -0.05) is 13.0 Å². The Bertz CT molecular complexity index is 97.1. The van der Waals surface area contributed by atoms with E-state index in [0.29, 0.717) is 6.47 Å². The zero-order valence-electron chi connectivity index (χ0n) is 5.83. The molecule has 0 rings (SSSR count). The van der Waals surface area contributed by atoms with E-state index < -0.39 is 0 Å². The van der Waals surface area contributed by atoms with Gasteiger partial charge in [0.05, 0.1) is 0 Å². The van der Waals surface area contributed by atoms with Crippen LogP contribution < -0.4 is 0 Å². The third-order valence-electron chi connectivity index (χ3n) is 1.04. The highest BCUT2D eigenvalue weighted by atomic mass is 16.5. The zero-order chi connectivity index (χ0) is 7.11. The highest BCUT2D eigenvalue weighted by Crippen LogP contribution is 1.96. The van der Waals surface area contributed by atoms with E-state index in [9.17, 15) is 4.79 Å². The van der Waals surface area contributed by atoms with Crippen molar-refractivity contribution in [3.05, 3.63) is 12.2 Å². The van der Waals surface area contributed by atoms with Crippen LogP contribution in [0.5, 0.6) is 0 Å². The maximum absolute atomic E-state index is 9.79. The van der Waals surface area contributed by atoms with Crippen molar-refractivity contribution in [1.29, 1.82) is 0 Å². The van der Waals surface area contributed by atoms with E-state index in [1.54, 1.807) is 0 Å². The Morgan fingerprint density at radius 1 is 1.67 bits per heavy atom. The molecule has 0 spiro atoms. The fraction of sp³-hybridized carbons (Fsp3) is 0.571. The second-order valence-electron chi connectivity index (χ2n) is 1.70. The minimum absolute atomic E-state index is 0.0347. The first-order valence-corrected chi connectivity index (χ1v) is 3.07. The number of carbonyl (C=O) groups is 1. The van der Waals surface area contributed by atoms with E-state index in [4.69, 9.17) is 0 Å². The summed E-state index contributed by atoms with van der Waals surface area (Å²) in [5.41, 5.74) is 0. The second kappa shape index (κ2) is 5.35. The lowest BCUT2D eigenvalue weighted by molar-refractivity contribution is -0.131. The van der Waals surface area contributed by atoms with Crippen LogP contribution in [0, 0.1) is 0 Å². The van der Waals surface area contributed by atoms with E-state index in [1.807, 2.05) is 26.0 Å². The van der Waals surface area contributed by atoms with Crippen LogP contribution >= 0.6 is 0 Å². The average molecular weight is 128 g/mol. The van der Waals surface area contributed by atoms with Crippen molar-refractivity contribution >= 4 is 6.47 Å². The molecular weight excluding hydrogens is 116 g/mol. The molecule has 52 valence electrons. The highest BCUT2D eigenvalue weighted by Gasteiger charge is 1.97. The summed E-state index contributed by atoms with van der Waals surface area (Å²) in [5, 5.41) is 0. The minimum Gasteiger partial charge on any atom is -0.460 e. The maximum Gasteiger partial charge on any atom is 0.293 e. The lowest BCUT2D eigenvalue weighted by Crippen LogP contribution is -2.05. The molecule has 0 aromatic rings. The quantitative estimate of drug-likeness (QED) is 0.424. The molecule has 0 N–H and O–H groups in total. The number of hydrogen-bond donors (Lipinski definition) is 0. The van der Waals surface area contributed by atoms with Crippen LogP contribution in [0.4, 0.5) is 0 Å². The summed E-state index contributed by atoms with van der Waals surface area (Å²) >= 11 is 0. The lowest BCUT2D eigenvalue weighted by Gasteiger charge is -2.05. The predicted octanol–water partition coefficient (Wildman–Crippen LogP) is 1.51. The van der Waals surface area contributed by atoms with Gasteiger partial charge in [0.15, 0.2) is 0 Å². The van der Waals surface area contributed by atoms with E-state index in [1.165, 1.54) is 0 Å². The Morgan fingerprint density at radius 2 is 2.33 bits per heavy atom. The highest BCUT2D eigenvalue weighted by molar-refractivity contribution is 5.37. The normalized spacial score (nSPS) is 13.6. The van der Waals surface area contributed by atoms with Crippen molar-refractivity contribution in [3.63, 3.8) is 0 Å². The van der Waals surface area contributed by atoms with Gasteiger partial charge in [0.1, 0.15) is 6.10 Å². The molecule has 0 aliphatic heterocycles. The Kier molecular flexibility index (Phi) is 4.88. The Morgan fingerprint density at radius 3 is 2.67 bits per heavy atom. The largest absolute Gasteiger partial charge is 0.460 e. The summed E-state index contributed by atoms with van der Waals surface area (Å²) in [6, 6.07) is 0. The summed E-state index contributed by atoms with van der Waals surface area (Å²) in [7, 11) is 0. The number of allylic oxidation sites excluding steroid dienone is 1. The number of hydrogen-bond acceptors (Lipinski definition) is 2. The van der Waals surface area contributed by atoms with Crippen LogP contribution in [-0.4, -0.2) is 12.6 Å². The second-order valence-corrected chi connectivity index (χ2v) is 1.70. The molecule has 0 saturated carbocycles. The first-order valence-electron chi connectivity index (χ1n) is 3.07. The summed E-state index contributed by atoms with van der Waals surface area (Å²) < 4.78 is 4.66. The van der Waals surface area contributed by atoms with Gasteiger partial charge in [0.25, 0.3) is 6.47 Å². The topological polar surface area (TPSA) is 26.3 Å². The first kappa shape index (κ1) is 8.21. The van der Waals surface area contributed by atoms with Crippen molar-refractivity contribution in [1.82, 2.24) is 0 Å². The van der Waals surface area contributed by atoms with Crippen LogP contribution in [0.25, 0.3) is 0 Å². The molecular formula is C7H12O2. The molecule has 1 atom stereocenters. The van der Waals surface area contributed by atoms with E-state index in [-0.39, 0.29) is 6.10 Å². The smallest absolute Gasteiger partial charge is 0.293 e. The van der Waals surface area contributed by atoms with E-state index >= 15 is 0 Å². The van der Waals surface area contributed by atoms with E-state index in [2.05, 4.69) is 4.74 Å². The standard InChI is InChI=1S/C7H12O2/c1-3-5-7(4-2)9-6-8/h3,5-7H,4H2,1-2H3/b5-3+. The Hall–Kier alpha value is -0.790. The Labute approximate surface area is 55.5 Å². The molecule has 0 heterocycles. The third-order valence-corrected chi connectivity index (χ3v) is 1.04. The van der Waals surface area contributed by atoms with Crippen molar-refractivity contribution < 1.29 is 9.53 Å². The molecule has 2 nitrogen and oxygen atoms in total. The van der Waals surface area contributed by atoms with Gasteiger partial charge in [-0.05, 0) is 19.4 Å². The Balaban J connectivity index is 3.53. The molecule has 0 radical (unpaired) electrons. The van der Waals surface area contributed by atoms with Crippen molar-refractivity contribution in [3.8, 4) is 0 Å². The minimum atomic E-state index is -0.0347. The molecule has 0 fully saturated rings. The molecule has 0 amide bonds. The number of ether oxygens (including phenoxy) is 1. The number of carbonyl (C=O) groups excluding carboxylic acids is 1. The van der Waals surface area contributed by atoms with Crippen LogP contribution in [0.15, 0.2) is 12.2 Å². The molecule has 0 aliphatic carbocycles. The summed E-state index contributed by atoms with van der Waals surface area (Å²) in [4.78, 5) is 9.79. The molecule has 0 aromatic carbocycles. The molecule has 0 saturated heterocycles. The fourth-order valence-electron chi connectivity index (χ4n) is 0.564. The first-order chi connectivity index (χ1) is 4.35. The van der Waals surface area contributed by atoms with Gasteiger partial charge >= 0.3 is 0 Å². The lowest BCUT2D eigenvalue weighted by atomic mass is 10.2. The monoisotopic (exact) mass is 128 g/mol. The fourth-order valence-corrected chi connectivity index (χ4v) is 0.564. The van der Waals surface area contributed by atoms with Crippen molar-refractivity contribution in [2.45, 2.75) is 26.4 Å². The van der Waals surface area contributed by atoms with Gasteiger partial charge in [-0.2, -0.15) is 0 Å². The van der Waals surface area contributed by atoms with Gasteiger partial charge < -0.3 is 4.74 Å². The molecule has 0 aromatic heterocycles. The van der Waals surface area contributed by atoms with Crippen LogP contribution in [-0.2, 0) is 9.53 Å². The van der Waals surface area contributed by atoms with Crippen LogP contribution in [0.3, 0.4) is 0 Å². The van der Waals surface area contributed by atoms with Crippen molar-refractivity contribution in [2.75, 3.05) is 0 Å². The average Bonchev–Trinajstić information content (AvgIpc) is 1.88. The zero-order valence-corrected chi connectivity index (χ0v) is 5.83. The van der Waals surface area contributed by atoms with Gasteiger partial charge in [-0.25, -0.2) is 0 Å². The number of rotatable bonds is 4. The SMILES string of the molecule is C/C=C/C(CC)OC=O. The predicted molar refractivity (Wildman–Crippen MR) is 36.0 cm³/mol. The molecule has 0 aliphatic rings. The summed E-state index contributed by atoms with van der Waals surface area (Å²) in [6.07, 6.45) is 4.53. The van der Waals surface area contributed by atoms with Gasteiger partial charge in [-0.15, -0.1) is 0 Å². The molecule has 2 heteroatoms. The summed E-state index contributed by atoms with van der Waals surface area (Å²) in [6.45, 7) is 4.35. The molecule has 0 bridgehead atoms. The van der Waals surface area contributed by atoms with E-state index in [0.717, 1.165) is 6.42 Å².